The van der Waals surface area contributed by atoms with Gasteiger partial charge in [-0.2, -0.15) is 4.73 Å². The summed E-state index contributed by atoms with van der Waals surface area (Å²) >= 11 is 13.9. The number of carboxylic acids is 1. The monoisotopic (exact) mass is 745 g/mol. The Bertz CT molecular complexity index is 1880. The van der Waals surface area contributed by atoms with Crippen molar-refractivity contribution in [1.29, 1.82) is 0 Å². The number of benzene rings is 2. The molecule has 2 N–H and O–H groups in total. The highest BCUT2D eigenvalue weighted by molar-refractivity contribution is 7.14. The van der Waals surface area contributed by atoms with Gasteiger partial charge in [0.15, 0.2) is 23.9 Å². The average Bonchev–Trinajstić information content (AvgIpc) is 3.50. The number of piperidine rings is 3. The SMILES string of the molecule is COc1ccc([C@H](Cc2c(Cl)c[n+]([O-])cc2Cl)c2cc(CN(C(=O)O[C@H]3CN4CCC3CC4)c3cc(O)cc(F)c3)sc2C(=O)O)cc1OC. The maximum absolute atomic E-state index is 14.6. The topological polar surface area (TPSA) is 136 Å². The molecule has 3 fully saturated rings. The molecule has 4 aromatic rings. The minimum absolute atomic E-state index is 0.0188. The van der Waals surface area contributed by atoms with Crippen molar-refractivity contribution in [2.45, 2.75) is 37.8 Å². The highest BCUT2D eigenvalue weighted by Gasteiger charge is 2.38. The molecule has 264 valence electrons. The predicted octanol–water partition coefficient (Wildman–Crippen LogP) is 6.86. The molecule has 1 amide bonds. The van der Waals surface area contributed by atoms with Gasteiger partial charge in [0.1, 0.15) is 32.6 Å². The molecular weight excluding hydrogens is 712 g/mol. The molecule has 2 atom stereocenters. The number of fused-ring (bicyclic) bond motifs is 3. The smallest absolute Gasteiger partial charge is 0.414 e. The van der Waals surface area contributed by atoms with Crippen molar-refractivity contribution in [1.82, 2.24) is 4.90 Å². The number of aromatic hydroxyl groups is 1. The Kier molecular flexibility index (Phi) is 10.6. The molecule has 0 unspecified atom stereocenters. The number of ether oxygens (including phenoxy) is 3. The average molecular weight is 747 g/mol. The van der Waals surface area contributed by atoms with Crippen molar-refractivity contribution < 1.29 is 43.1 Å². The van der Waals surface area contributed by atoms with Crippen molar-refractivity contribution in [2.24, 2.45) is 5.92 Å². The van der Waals surface area contributed by atoms with Crippen LogP contribution in [0, 0.1) is 16.9 Å². The Morgan fingerprint density at radius 1 is 1.08 bits per heavy atom. The molecule has 0 saturated carbocycles. The molecule has 3 saturated heterocycles. The maximum atomic E-state index is 14.6. The van der Waals surface area contributed by atoms with Gasteiger partial charge in [0, 0.05) is 35.0 Å². The van der Waals surface area contributed by atoms with Crippen LogP contribution < -0.4 is 19.1 Å². The third-order valence-corrected chi connectivity index (χ3v) is 11.0. The van der Waals surface area contributed by atoms with Crippen LogP contribution in [0.1, 0.15) is 50.0 Å². The summed E-state index contributed by atoms with van der Waals surface area (Å²) in [4.78, 5) is 30.5. The van der Waals surface area contributed by atoms with Crippen LogP contribution in [0.3, 0.4) is 0 Å². The van der Waals surface area contributed by atoms with E-state index in [1.807, 2.05) is 0 Å². The lowest BCUT2D eigenvalue weighted by molar-refractivity contribution is -0.605. The predicted molar refractivity (Wildman–Crippen MR) is 185 cm³/mol. The summed E-state index contributed by atoms with van der Waals surface area (Å²) in [6.45, 7) is 2.28. The van der Waals surface area contributed by atoms with Crippen LogP contribution in [-0.2, 0) is 17.7 Å². The van der Waals surface area contributed by atoms with Crippen LogP contribution in [0.5, 0.6) is 17.2 Å². The standard InChI is InChI=1S/C35H34Cl2FN3O8S/c1-47-30-4-3-20(9-31(30)48-2)25(14-27-28(36)16-40(46)17-29(27)37)26-13-24(50-33(26)34(43)44)15-41(22-10-21(38)11-23(42)12-22)35(45)49-32-18-39-7-5-19(32)6-8-39/h3-4,9-13,16-17,19,25,32,42H,5-8,14-15,18H2,1-2H3,(H,43,44)/t25-,32-/m0/s1. The van der Waals surface area contributed by atoms with E-state index in [1.165, 1.54) is 37.6 Å². The lowest BCUT2D eigenvalue weighted by Gasteiger charge is -2.44. The van der Waals surface area contributed by atoms with Crippen molar-refractivity contribution >= 4 is 52.3 Å². The normalized spacial score (nSPS) is 18.8. The summed E-state index contributed by atoms with van der Waals surface area (Å²) < 4.78 is 32.0. The van der Waals surface area contributed by atoms with Crippen LogP contribution in [0.15, 0.2) is 54.9 Å². The van der Waals surface area contributed by atoms with Crippen LogP contribution in [0.25, 0.3) is 0 Å². The number of hydrogen-bond donors (Lipinski definition) is 2. The van der Waals surface area contributed by atoms with Gasteiger partial charge in [-0.05, 0) is 73.7 Å². The van der Waals surface area contributed by atoms with Crippen LogP contribution >= 0.6 is 34.5 Å². The van der Waals surface area contributed by atoms with Gasteiger partial charge in [-0.25, -0.2) is 14.0 Å². The molecule has 2 bridgehead atoms. The van der Waals surface area contributed by atoms with Crippen molar-refractivity contribution in [3.05, 3.63) is 102 Å². The number of aromatic nitrogens is 1. The van der Waals surface area contributed by atoms with Gasteiger partial charge in [0.05, 0.1) is 26.5 Å². The number of amides is 1. The number of phenolic OH excluding ortho intramolecular Hbond substituents is 1. The maximum Gasteiger partial charge on any atom is 0.414 e. The zero-order chi connectivity index (χ0) is 35.7. The Balaban J connectivity index is 1.42. The van der Waals surface area contributed by atoms with E-state index in [1.54, 1.807) is 24.3 Å². The summed E-state index contributed by atoms with van der Waals surface area (Å²) in [6, 6.07) is 10.1. The van der Waals surface area contributed by atoms with E-state index in [9.17, 15) is 29.4 Å². The van der Waals surface area contributed by atoms with Crippen molar-refractivity contribution in [2.75, 3.05) is 38.8 Å². The number of carboxylic acid groups (broad SMARTS) is 1. The highest BCUT2D eigenvalue weighted by atomic mass is 35.5. The molecule has 2 aromatic heterocycles. The van der Waals surface area contributed by atoms with Gasteiger partial charge in [-0.15, -0.1) is 11.3 Å². The van der Waals surface area contributed by atoms with E-state index >= 15 is 0 Å². The largest absolute Gasteiger partial charge is 0.619 e. The first-order chi connectivity index (χ1) is 23.9. The Morgan fingerprint density at radius 2 is 1.78 bits per heavy atom. The molecule has 5 heterocycles. The minimum atomic E-state index is -1.21. The van der Waals surface area contributed by atoms with Gasteiger partial charge < -0.3 is 29.6 Å². The highest BCUT2D eigenvalue weighted by Crippen LogP contribution is 2.42. The van der Waals surface area contributed by atoms with Crippen molar-refractivity contribution in [3.8, 4) is 17.2 Å². The number of halogens is 3. The van der Waals surface area contributed by atoms with E-state index in [-0.39, 0.29) is 51.3 Å². The zero-order valence-corrected chi connectivity index (χ0v) is 29.4. The van der Waals surface area contributed by atoms with Crippen LogP contribution in [-0.4, -0.2) is 67.1 Å². The number of pyridine rings is 1. The summed E-state index contributed by atoms with van der Waals surface area (Å²) in [5.74, 6) is -1.99. The first-order valence-electron chi connectivity index (χ1n) is 15.8. The Hall–Kier alpha value is -4.30. The number of phenols is 1. The van der Waals surface area contributed by atoms with Gasteiger partial charge in [0.25, 0.3) is 0 Å². The molecule has 11 nitrogen and oxygen atoms in total. The number of carbonyl (C=O) groups excluding carboxylic acids is 1. The van der Waals surface area contributed by atoms with E-state index < -0.39 is 23.8 Å². The lowest BCUT2D eigenvalue weighted by atomic mass is 9.85. The first-order valence-corrected chi connectivity index (χ1v) is 17.4. The summed E-state index contributed by atoms with van der Waals surface area (Å²) in [7, 11) is 2.98. The fraction of sp³-hybridized carbons (Fsp3) is 0.343. The second-order valence-electron chi connectivity index (χ2n) is 12.3. The molecular formula is C35H34Cl2FN3O8S. The molecule has 3 aliphatic rings. The third kappa shape index (κ3) is 7.55. The Morgan fingerprint density at radius 3 is 2.38 bits per heavy atom. The van der Waals surface area contributed by atoms with E-state index in [0.717, 1.165) is 49.4 Å². The van der Waals surface area contributed by atoms with Gasteiger partial charge in [0.2, 0.25) is 0 Å². The number of carbonyl (C=O) groups is 2. The number of anilines is 1. The van der Waals surface area contributed by atoms with E-state index in [4.69, 9.17) is 37.4 Å². The van der Waals surface area contributed by atoms with Crippen LogP contribution in [0.2, 0.25) is 10.0 Å². The molecule has 50 heavy (non-hydrogen) atoms. The fourth-order valence-corrected chi connectivity index (χ4v) is 8.39. The molecule has 0 spiro atoms. The molecule has 0 aliphatic carbocycles. The molecule has 7 rings (SSSR count). The summed E-state index contributed by atoms with van der Waals surface area (Å²) in [5, 5.41) is 32.9. The third-order valence-electron chi connectivity index (χ3n) is 9.22. The molecule has 2 aromatic carbocycles. The quantitative estimate of drug-likeness (QED) is 0.125. The van der Waals surface area contributed by atoms with Gasteiger partial charge >= 0.3 is 12.1 Å². The number of nitrogens with zero attached hydrogens (tertiary/aromatic N) is 3. The van der Waals surface area contributed by atoms with Crippen LogP contribution in [0.4, 0.5) is 14.9 Å². The van der Waals surface area contributed by atoms with Gasteiger partial charge in [-0.1, -0.05) is 29.3 Å². The number of thiophene rings is 1. The minimum Gasteiger partial charge on any atom is -0.619 e. The Labute approximate surface area is 301 Å². The zero-order valence-electron chi connectivity index (χ0n) is 27.1. The van der Waals surface area contributed by atoms with Gasteiger partial charge in [-0.3, -0.25) is 9.80 Å². The fourth-order valence-electron chi connectivity index (χ4n) is 6.74. The number of hydrogen-bond acceptors (Lipinski definition) is 9. The molecule has 15 heteroatoms. The second kappa shape index (κ2) is 14.9. The molecule has 3 aliphatic heterocycles. The van der Waals surface area contributed by atoms with Crippen molar-refractivity contribution in [3.63, 3.8) is 0 Å². The molecule has 0 radical (unpaired) electrons. The lowest BCUT2D eigenvalue weighted by Crippen LogP contribution is -2.53. The first kappa shape index (κ1) is 35.5. The van der Waals surface area contributed by atoms with E-state index in [2.05, 4.69) is 4.90 Å². The number of rotatable bonds is 11. The number of methoxy groups -OCH3 is 2. The summed E-state index contributed by atoms with van der Waals surface area (Å²) in [6.07, 6.45) is 3.12. The number of aromatic carboxylic acids is 1. The second-order valence-corrected chi connectivity index (χ2v) is 14.2. The summed E-state index contributed by atoms with van der Waals surface area (Å²) in [5.41, 5.74) is 1.48. The van der Waals surface area contributed by atoms with E-state index in [0.29, 0.717) is 44.3 Å².